The summed E-state index contributed by atoms with van der Waals surface area (Å²) in [4.78, 5) is 22.2. The monoisotopic (exact) mass is 258 g/mol. The summed E-state index contributed by atoms with van der Waals surface area (Å²) in [6, 6.07) is -0.545. The summed E-state index contributed by atoms with van der Waals surface area (Å²) in [6.07, 6.45) is 3.54. The molecule has 3 N–H and O–H groups in total. The molecule has 0 aliphatic carbocycles. The summed E-state index contributed by atoms with van der Waals surface area (Å²) < 4.78 is 0. The van der Waals surface area contributed by atoms with Gasteiger partial charge in [0.2, 0.25) is 0 Å². The van der Waals surface area contributed by atoms with Crippen LogP contribution in [0.5, 0.6) is 0 Å². The smallest absolute Gasteiger partial charge is 0.315 e. The molecular formula is C13H26N2O3. The minimum Gasteiger partial charge on any atom is -0.481 e. The van der Waals surface area contributed by atoms with Crippen LogP contribution < -0.4 is 10.6 Å². The van der Waals surface area contributed by atoms with Gasteiger partial charge in [-0.25, -0.2) is 4.79 Å². The number of carbonyl (C=O) groups is 2. The van der Waals surface area contributed by atoms with Gasteiger partial charge in [0.25, 0.3) is 0 Å². The van der Waals surface area contributed by atoms with E-state index in [0.29, 0.717) is 18.9 Å². The zero-order chi connectivity index (χ0) is 14.0. The Hall–Kier alpha value is -1.26. The number of carboxylic acid groups (broad SMARTS) is 1. The molecule has 5 heteroatoms. The van der Waals surface area contributed by atoms with E-state index in [1.54, 1.807) is 0 Å². The fourth-order valence-electron chi connectivity index (χ4n) is 1.73. The van der Waals surface area contributed by atoms with Gasteiger partial charge in [-0.2, -0.15) is 0 Å². The van der Waals surface area contributed by atoms with Crippen molar-refractivity contribution in [2.75, 3.05) is 6.54 Å². The largest absolute Gasteiger partial charge is 0.481 e. The van der Waals surface area contributed by atoms with Gasteiger partial charge in [-0.05, 0) is 25.2 Å². The molecule has 0 heterocycles. The van der Waals surface area contributed by atoms with Crippen LogP contribution in [0.15, 0.2) is 0 Å². The van der Waals surface area contributed by atoms with Crippen molar-refractivity contribution in [1.29, 1.82) is 0 Å². The highest BCUT2D eigenvalue weighted by Crippen LogP contribution is 2.03. The van der Waals surface area contributed by atoms with E-state index in [2.05, 4.69) is 24.5 Å². The maximum Gasteiger partial charge on any atom is 0.315 e. The second-order valence-corrected chi connectivity index (χ2v) is 5.02. The van der Waals surface area contributed by atoms with E-state index in [4.69, 9.17) is 5.11 Å². The van der Waals surface area contributed by atoms with E-state index < -0.39 is 5.97 Å². The Labute approximate surface area is 109 Å². The van der Waals surface area contributed by atoms with Crippen molar-refractivity contribution in [3.8, 4) is 0 Å². The van der Waals surface area contributed by atoms with Crippen LogP contribution in [0.25, 0.3) is 0 Å². The zero-order valence-corrected chi connectivity index (χ0v) is 11.7. The second kappa shape index (κ2) is 9.74. The molecule has 0 fully saturated rings. The molecule has 0 saturated heterocycles. The highest BCUT2D eigenvalue weighted by atomic mass is 16.4. The Morgan fingerprint density at radius 3 is 2.39 bits per heavy atom. The second-order valence-electron chi connectivity index (χ2n) is 5.02. The third kappa shape index (κ3) is 9.93. The van der Waals surface area contributed by atoms with Crippen LogP contribution in [0.1, 0.15) is 52.9 Å². The average molecular weight is 258 g/mol. The van der Waals surface area contributed by atoms with Crippen LogP contribution in [0, 0.1) is 5.92 Å². The van der Waals surface area contributed by atoms with Crippen LogP contribution in [-0.2, 0) is 4.79 Å². The standard InChI is InChI=1S/C13H26N2O3/c1-4-6-11(9-12(16)17)15-13(18)14-8-5-7-10(2)3/h10-11H,4-9H2,1-3H3,(H,16,17)(H2,14,15,18). The number of aliphatic carboxylic acids is 1. The summed E-state index contributed by atoms with van der Waals surface area (Å²) >= 11 is 0. The molecule has 0 aromatic heterocycles. The molecule has 2 amide bonds. The van der Waals surface area contributed by atoms with E-state index >= 15 is 0 Å². The van der Waals surface area contributed by atoms with Gasteiger partial charge in [0.05, 0.1) is 6.42 Å². The van der Waals surface area contributed by atoms with E-state index in [0.717, 1.165) is 19.3 Å². The topological polar surface area (TPSA) is 78.4 Å². The van der Waals surface area contributed by atoms with E-state index in [-0.39, 0.29) is 18.5 Å². The normalized spacial score (nSPS) is 12.2. The number of rotatable bonds is 9. The molecule has 5 nitrogen and oxygen atoms in total. The van der Waals surface area contributed by atoms with Crippen molar-refractivity contribution in [2.24, 2.45) is 5.92 Å². The summed E-state index contributed by atoms with van der Waals surface area (Å²) in [7, 11) is 0. The first-order valence-electron chi connectivity index (χ1n) is 6.71. The van der Waals surface area contributed by atoms with Crippen LogP contribution in [-0.4, -0.2) is 29.7 Å². The molecule has 0 aliphatic rings. The van der Waals surface area contributed by atoms with Crippen LogP contribution >= 0.6 is 0 Å². The van der Waals surface area contributed by atoms with Gasteiger partial charge < -0.3 is 15.7 Å². The van der Waals surface area contributed by atoms with Crippen LogP contribution in [0.4, 0.5) is 4.79 Å². The Kier molecular flexibility index (Phi) is 9.06. The summed E-state index contributed by atoms with van der Waals surface area (Å²) in [5.41, 5.74) is 0. The first-order valence-corrected chi connectivity index (χ1v) is 6.71. The predicted octanol–water partition coefficient (Wildman–Crippen LogP) is 2.37. The van der Waals surface area contributed by atoms with Gasteiger partial charge >= 0.3 is 12.0 Å². The lowest BCUT2D eigenvalue weighted by Gasteiger charge is -2.16. The number of urea groups is 1. The lowest BCUT2D eigenvalue weighted by atomic mass is 10.1. The Morgan fingerprint density at radius 1 is 1.22 bits per heavy atom. The number of hydrogen-bond donors (Lipinski definition) is 3. The van der Waals surface area contributed by atoms with E-state index in [9.17, 15) is 9.59 Å². The van der Waals surface area contributed by atoms with Crippen molar-refractivity contribution in [1.82, 2.24) is 10.6 Å². The quantitative estimate of drug-likeness (QED) is 0.555. The number of carbonyl (C=O) groups excluding carboxylic acids is 1. The van der Waals surface area contributed by atoms with Gasteiger partial charge in [-0.1, -0.05) is 27.2 Å². The Balaban J connectivity index is 3.83. The lowest BCUT2D eigenvalue weighted by molar-refractivity contribution is -0.137. The van der Waals surface area contributed by atoms with Crippen molar-refractivity contribution in [2.45, 2.75) is 58.9 Å². The molecule has 1 atom stereocenters. The molecule has 0 aromatic rings. The van der Waals surface area contributed by atoms with Crippen molar-refractivity contribution in [3.63, 3.8) is 0 Å². The fraction of sp³-hybridized carbons (Fsp3) is 0.846. The number of carboxylic acids is 1. The summed E-state index contributed by atoms with van der Waals surface area (Å²) in [5, 5.41) is 14.2. The molecule has 0 saturated carbocycles. The molecule has 106 valence electrons. The first kappa shape index (κ1) is 16.7. The highest BCUT2D eigenvalue weighted by Gasteiger charge is 2.14. The third-order valence-electron chi connectivity index (χ3n) is 2.64. The summed E-state index contributed by atoms with van der Waals surface area (Å²) in [5.74, 6) is -0.247. The molecule has 1 unspecified atom stereocenters. The first-order chi connectivity index (χ1) is 8.45. The molecule has 0 aromatic carbocycles. The number of hydrogen-bond acceptors (Lipinski definition) is 2. The third-order valence-corrected chi connectivity index (χ3v) is 2.64. The van der Waals surface area contributed by atoms with Gasteiger partial charge in [0, 0.05) is 12.6 Å². The Morgan fingerprint density at radius 2 is 1.89 bits per heavy atom. The van der Waals surface area contributed by atoms with Crippen LogP contribution in [0.2, 0.25) is 0 Å². The predicted molar refractivity (Wildman–Crippen MR) is 71.6 cm³/mol. The fourth-order valence-corrected chi connectivity index (χ4v) is 1.73. The molecule has 0 rings (SSSR count). The molecular weight excluding hydrogens is 232 g/mol. The minimum atomic E-state index is -0.881. The summed E-state index contributed by atoms with van der Waals surface area (Å²) in [6.45, 7) is 6.89. The highest BCUT2D eigenvalue weighted by molar-refractivity contribution is 5.75. The van der Waals surface area contributed by atoms with Gasteiger partial charge in [-0.15, -0.1) is 0 Å². The van der Waals surface area contributed by atoms with Crippen LogP contribution in [0.3, 0.4) is 0 Å². The molecule has 18 heavy (non-hydrogen) atoms. The van der Waals surface area contributed by atoms with Gasteiger partial charge in [-0.3, -0.25) is 4.79 Å². The van der Waals surface area contributed by atoms with Crippen molar-refractivity contribution in [3.05, 3.63) is 0 Å². The van der Waals surface area contributed by atoms with Gasteiger partial charge in [0.1, 0.15) is 0 Å². The van der Waals surface area contributed by atoms with Crippen molar-refractivity contribution >= 4 is 12.0 Å². The SMILES string of the molecule is CCCC(CC(=O)O)NC(=O)NCCCC(C)C. The average Bonchev–Trinajstić information content (AvgIpc) is 2.23. The molecule has 0 aliphatic heterocycles. The number of nitrogens with one attached hydrogen (secondary N) is 2. The maximum atomic E-state index is 11.5. The molecule has 0 radical (unpaired) electrons. The molecule has 0 bridgehead atoms. The van der Waals surface area contributed by atoms with Crippen molar-refractivity contribution < 1.29 is 14.7 Å². The lowest BCUT2D eigenvalue weighted by Crippen LogP contribution is -2.43. The zero-order valence-electron chi connectivity index (χ0n) is 11.7. The van der Waals surface area contributed by atoms with Gasteiger partial charge in [0.15, 0.2) is 0 Å². The maximum absolute atomic E-state index is 11.5. The van der Waals surface area contributed by atoms with E-state index in [1.807, 2.05) is 6.92 Å². The van der Waals surface area contributed by atoms with E-state index in [1.165, 1.54) is 0 Å². The number of amides is 2. The molecule has 0 spiro atoms. The minimum absolute atomic E-state index is 0.0206. The Bertz CT molecular complexity index is 255.